The topological polar surface area (TPSA) is 23.6 Å². The Morgan fingerprint density at radius 2 is 1.62 bits per heavy atom. The summed E-state index contributed by atoms with van der Waals surface area (Å²) in [6, 6.07) is 16.1. The highest BCUT2D eigenvalue weighted by Gasteiger charge is 2.23. The van der Waals surface area contributed by atoms with E-state index in [1.54, 1.807) is 5.56 Å². The Labute approximate surface area is 175 Å². The van der Waals surface area contributed by atoms with E-state index in [0.717, 1.165) is 49.5 Å². The van der Waals surface area contributed by atoms with Gasteiger partial charge >= 0.3 is 0 Å². The number of hydrogen-bond acceptors (Lipinski definition) is 3. The second kappa shape index (κ2) is 9.13. The standard InChI is InChI=1S/C26H34N2O/c1-20-18-26(13-12-25(20)19-29)28-16-14-27(15-17-28)21(2)22-8-10-24(11-9-22)23-6-4-3-5-7-23/h8-13,18-19,21,23H,3-7,14-17H2,1-2H3. The molecule has 0 aromatic heterocycles. The monoisotopic (exact) mass is 390 g/mol. The second-order valence-electron chi connectivity index (χ2n) is 8.86. The molecule has 2 aliphatic rings. The van der Waals surface area contributed by atoms with E-state index in [4.69, 9.17) is 0 Å². The van der Waals surface area contributed by atoms with Gasteiger partial charge in [0, 0.05) is 43.5 Å². The van der Waals surface area contributed by atoms with Gasteiger partial charge in [0.15, 0.2) is 0 Å². The summed E-state index contributed by atoms with van der Waals surface area (Å²) in [5.74, 6) is 0.783. The molecule has 0 radical (unpaired) electrons. The van der Waals surface area contributed by atoms with Gasteiger partial charge in [-0.1, -0.05) is 43.5 Å². The minimum Gasteiger partial charge on any atom is -0.369 e. The van der Waals surface area contributed by atoms with Crippen LogP contribution in [0.3, 0.4) is 0 Å². The van der Waals surface area contributed by atoms with Crippen molar-refractivity contribution in [2.75, 3.05) is 31.1 Å². The molecule has 2 aromatic rings. The predicted molar refractivity (Wildman–Crippen MR) is 121 cm³/mol. The summed E-state index contributed by atoms with van der Waals surface area (Å²) < 4.78 is 0. The molecule has 1 aliphatic heterocycles. The van der Waals surface area contributed by atoms with Gasteiger partial charge < -0.3 is 4.90 Å². The van der Waals surface area contributed by atoms with Crippen LogP contribution in [0.5, 0.6) is 0 Å². The molecule has 0 bridgehead atoms. The third-order valence-corrected chi connectivity index (χ3v) is 7.10. The fourth-order valence-corrected chi connectivity index (χ4v) is 5.05. The Hall–Kier alpha value is -2.13. The molecular formula is C26H34N2O. The number of carbonyl (C=O) groups excluding carboxylic acids is 1. The molecule has 0 N–H and O–H groups in total. The first-order valence-electron chi connectivity index (χ1n) is 11.3. The molecular weight excluding hydrogens is 356 g/mol. The second-order valence-corrected chi connectivity index (χ2v) is 8.86. The highest BCUT2D eigenvalue weighted by molar-refractivity contribution is 5.78. The third-order valence-electron chi connectivity index (χ3n) is 7.10. The van der Waals surface area contributed by atoms with E-state index in [1.165, 1.54) is 43.4 Å². The fourth-order valence-electron chi connectivity index (χ4n) is 5.05. The van der Waals surface area contributed by atoms with Gasteiger partial charge in [-0.2, -0.15) is 0 Å². The Morgan fingerprint density at radius 1 is 0.931 bits per heavy atom. The van der Waals surface area contributed by atoms with Gasteiger partial charge in [-0.3, -0.25) is 9.69 Å². The van der Waals surface area contributed by atoms with E-state index < -0.39 is 0 Å². The quantitative estimate of drug-likeness (QED) is 0.608. The van der Waals surface area contributed by atoms with Gasteiger partial charge in [0.2, 0.25) is 0 Å². The summed E-state index contributed by atoms with van der Waals surface area (Å²) in [7, 11) is 0. The molecule has 154 valence electrons. The van der Waals surface area contributed by atoms with Crippen molar-refractivity contribution in [3.8, 4) is 0 Å². The molecule has 29 heavy (non-hydrogen) atoms. The summed E-state index contributed by atoms with van der Waals surface area (Å²) in [5.41, 5.74) is 6.06. The zero-order valence-corrected chi connectivity index (χ0v) is 17.9. The molecule has 0 amide bonds. The highest BCUT2D eigenvalue weighted by atomic mass is 16.1. The first-order chi connectivity index (χ1) is 14.2. The number of aryl methyl sites for hydroxylation is 1. The van der Waals surface area contributed by atoms with Crippen LogP contribution in [0.1, 0.15) is 78.0 Å². The number of hydrogen-bond donors (Lipinski definition) is 0. The third kappa shape index (κ3) is 4.56. The minimum absolute atomic E-state index is 0.455. The fraction of sp³-hybridized carbons (Fsp3) is 0.500. The summed E-state index contributed by atoms with van der Waals surface area (Å²) >= 11 is 0. The molecule has 1 saturated carbocycles. The largest absolute Gasteiger partial charge is 0.369 e. The first kappa shape index (κ1) is 20.2. The molecule has 3 nitrogen and oxygen atoms in total. The molecule has 2 aromatic carbocycles. The Balaban J connectivity index is 1.35. The molecule has 1 heterocycles. The summed E-state index contributed by atoms with van der Waals surface area (Å²) in [6.07, 6.45) is 7.87. The van der Waals surface area contributed by atoms with E-state index >= 15 is 0 Å². The van der Waals surface area contributed by atoms with Gasteiger partial charge in [0.1, 0.15) is 6.29 Å². The zero-order valence-electron chi connectivity index (χ0n) is 17.9. The smallest absolute Gasteiger partial charge is 0.150 e. The number of nitrogens with zero attached hydrogens (tertiary/aromatic N) is 2. The van der Waals surface area contributed by atoms with Crippen LogP contribution < -0.4 is 4.90 Å². The lowest BCUT2D eigenvalue weighted by molar-refractivity contribution is 0.112. The average Bonchev–Trinajstić information content (AvgIpc) is 2.79. The van der Waals surface area contributed by atoms with Gasteiger partial charge in [-0.25, -0.2) is 0 Å². The number of aldehydes is 1. The van der Waals surface area contributed by atoms with Crippen LogP contribution in [-0.4, -0.2) is 37.4 Å². The molecule has 0 spiro atoms. The van der Waals surface area contributed by atoms with Gasteiger partial charge in [0.25, 0.3) is 0 Å². The molecule has 1 unspecified atom stereocenters. The molecule has 1 aliphatic carbocycles. The SMILES string of the molecule is Cc1cc(N2CCN(C(C)c3ccc(C4CCCCC4)cc3)CC2)ccc1C=O. The van der Waals surface area contributed by atoms with Crippen molar-refractivity contribution in [3.63, 3.8) is 0 Å². The minimum atomic E-state index is 0.455. The van der Waals surface area contributed by atoms with Crippen molar-refractivity contribution in [1.82, 2.24) is 4.90 Å². The van der Waals surface area contributed by atoms with Gasteiger partial charge in [0.05, 0.1) is 0 Å². The number of benzene rings is 2. The van der Waals surface area contributed by atoms with Crippen LogP contribution >= 0.6 is 0 Å². The Kier molecular flexibility index (Phi) is 6.34. The van der Waals surface area contributed by atoms with Crippen LogP contribution in [0.2, 0.25) is 0 Å². The van der Waals surface area contributed by atoms with Crippen molar-refractivity contribution in [1.29, 1.82) is 0 Å². The van der Waals surface area contributed by atoms with Crippen molar-refractivity contribution in [3.05, 3.63) is 64.7 Å². The maximum atomic E-state index is 11.1. The summed E-state index contributed by atoms with van der Waals surface area (Å²) in [4.78, 5) is 16.1. The predicted octanol–water partition coefficient (Wildman–Crippen LogP) is 5.74. The molecule has 2 fully saturated rings. The summed E-state index contributed by atoms with van der Waals surface area (Å²) in [6.45, 7) is 8.56. The number of anilines is 1. The van der Waals surface area contributed by atoms with Crippen LogP contribution in [-0.2, 0) is 0 Å². The van der Waals surface area contributed by atoms with E-state index in [1.807, 2.05) is 13.0 Å². The molecule has 1 atom stereocenters. The molecule has 4 rings (SSSR count). The van der Waals surface area contributed by atoms with Crippen LogP contribution in [0.4, 0.5) is 5.69 Å². The van der Waals surface area contributed by atoms with Crippen LogP contribution in [0, 0.1) is 6.92 Å². The highest BCUT2D eigenvalue weighted by Crippen LogP contribution is 2.33. The number of rotatable bonds is 5. The first-order valence-corrected chi connectivity index (χ1v) is 11.3. The van der Waals surface area contributed by atoms with Crippen molar-refractivity contribution in [2.24, 2.45) is 0 Å². The lowest BCUT2D eigenvalue weighted by Crippen LogP contribution is -2.47. The zero-order chi connectivity index (χ0) is 20.2. The average molecular weight is 391 g/mol. The lowest BCUT2D eigenvalue weighted by Gasteiger charge is -2.39. The lowest BCUT2D eigenvalue weighted by atomic mass is 9.83. The molecule has 1 saturated heterocycles. The van der Waals surface area contributed by atoms with Crippen LogP contribution in [0.15, 0.2) is 42.5 Å². The van der Waals surface area contributed by atoms with Crippen LogP contribution in [0.25, 0.3) is 0 Å². The van der Waals surface area contributed by atoms with E-state index in [9.17, 15) is 4.79 Å². The normalized spacial score (nSPS) is 19.9. The van der Waals surface area contributed by atoms with Gasteiger partial charge in [-0.05, 0) is 67.5 Å². The van der Waals surface area contributed by atoms with Crippen molar-refractivity contribution < 1.29 is 4.79 Å². The van der Waals surface area contributed by atoms with E-state index in [2.05, 4.69) is 53.1 Å². The van der Waals surface area contributed by atoms with E-state index in [-0.39, 0.29) is 0 Å². The van der Waals surface area contributed by atoms with Gasteiger partial charge in [-0.15, -0.1) is 0 Å². The Bertz CT molecular complexity index is 815. The molecule has 3 heteroatoms. The number of carbonyl (C=O) groups is 1. The maximum Gasteiger partial charge on any atom is 0.150 e. The number of piperazine rings is 1. The van der Waals surface area contributed by atoms with E-state index in [0.29, 0.717) is 6.04 Å². The maximum absolute atomic E-state index is 11.1. The van der Waals surface area contributed by atoms with Crippen molar-refractivity contribution in [2.45, 2.75) is 57.9 Å². The summed E-state index contributed by atoms with van der Waals surface area (Å²) in [5, 5.41) is 0. The van der Waals surface area contributed by atoms with Crippen molar-refractivity contribution >= 4 is 12.0 Å². The Morgan fingerprint density at radius 3 is 2.24 bits per heavy atom.